The predicted molar refractivity (Wildman–Crippen MR) is 135 cm³/mol. The van der Waals surface area contributed by atoms with Crippen LogP contribution < -0.4 is 20.7 Å². The lowest BCUT2D eigenvalue weighted by Crippen LogP contribution is -2.33. The van der Waals surface area contributed by atoms with Crippen molar-refractivity contribution in [2.24, 2.45) is 5.92 Å². The Kier molecular flexibility index (Phi) is 5.68. The number of fused-ring (bicyclic) bond motifs is 1. The van der Waals surface area contributed by atoms with E-state index in [0.717, 1.165) is 54.0 Å². The van der Waals surface area contributed by atoms with Gasteiger partial charge in [0.15, 0.2) is 0 Å². The Morgan fingerprint density at radius 3 is 2.79 bits per heavy atom. The molecule has 5 rings (SSSR count). The van der Waals surface area contributed by atoms with Gasteiger partial charge in [-0.25, -0.2) is 9.97 Å². The van der Waals surface area contributed by atoms with Crippen LogP contribution in [0.2, 0.25) is 0 Å². The van der Waals surface area contributed by atoms with Crippen LogP contribution in [0.25, 0.3) is 22.2 Å². The number of hydrogen-bond acceptors (Lipinski definition) is 7. The van der Waals surface area contributed by atoms with Gasteiger partial charge < -0.3 is 25.7 Å². The summed E-state index contributed by atoms with van der Waals surface area (Å²) in [6, 6.07) is 13.9. The molecule has 0 bridgehead atoms. The second-order valence-corrected chi connectivity index (χ2v) is 8.72. The lowest BCUT2D eigenvalue weighted by atomic mass is 9.98. The molecule has 4 aromatic rings. The molecular formula is C26H27N7O. The van der Waals surface area contributed by atoms with Crippen LogP contribution in [0.15, 0.2) is 48.8 Å². The van der Waals surface area contributed by atoms with E-state index in [4.69, 9.17) is 10.5 Å². The average Bonchev–Trinajstić information content (AvgIpc) is 3.29. The number of aromatic nitrogens is 3. The van der Waals surface area contributed by atoms with Crippen molar-refractivity contribution in [3.05, 3.63) is 54.4 Å². The molecule has 0 atom stereocenters. The number of aromatic amines is 1. The first-order valence-corrected chi connectivity index (χ1v) is 11.4. The summed E-state index contributed by atoms with van der Waals surface area (Å²) in [4.78, 5) is 14.6. The zero-order valence-corrected chi connectivity index (χ0v) is 19.3. The fourth-order valence-electron chi connectivity index (χ4n) is 4.49. The molecule has 0 saturated carbocycles. The number of anilines is 4. The Balaban J connectivity index is 1.49. The maximum Gasteiger partial charge on any atom is 0.227 e. The summed E-state index contributed by atoms with van der Waals surface area (Å²) in [6.45, 7) is 4.25. The van der Waals surface area contributed by atoms with E-state index in [9.17, 15) is 5.26 Å². The maximum absolute atomic E-state index is 9.66. The van der Waals surface area contributed by atoms with E-state index in [1.54, 1.807) is 7.11 Å². The van der Waals surface area contributed by atoms with Crippen LogP contribution in [0, 0.1) is 17.2 Å². The van der Waals surface area contributed by atoms with Crippen LogP contribution in [0.3, 0.4) is 0 Å². The fraction of sp³-hybridized carbons (Fsp3) is 0.269. The summed E-state index contributed by atoms with van der Waals surface area (Å²) in [6.07, 6.45) is 5.70. The number of ether oxygens (including phenoxy) is 1. The molecular weight excluding hydrogens is 426 g/mol. The fourth-order valence-corrected chi connectivity index (χ4v) is 4.49. The molecule has 3 heterocycles. The minimum Gasteiger partial charge on any atom is -0.494 e. The number of nitriles is 1. The number of hydrogen-bond donors (Lipinski definition) is 3. The van der Waals surface area contributed by atoms with Crippen LogP contribution >= 0.6 is 0 Å². The summed E-state index contributed by atoms with van der Waals surface area (Å²) in [5.74, 6) is 1.75. The molecule has 1 aliphatic rings. The van der Waals surface area contributed by atoms with Crippen molar-refractivity contribution >= 4 is 33.9 Å². The van der Waals surface area contributed by atoms with Crippen molar-refractivity contribution in [3.63, 3.8) is 0 Å². The van der Waals surface area contributed by atoms with Crippen LogP contribution in [-0.4, -0.2) is 35.2 Å². The zero-order chi connectivity index (χ0) is 23.7. The zero-order valence-electron chi connectivity index (χ0n) is 19.3. The highest BCUT2D eigenvalue weighted by molar-refractivity contribution is 5.95. The van der Waals surface area contributed by atoms with Gasteiger partial charge in [0, 0.05) is 41.8 Å². The van der Waals surface area contributed by atoms with E-state index < -0.39 is 0 Å². The molecule has 172 valence electrons. The molecule has 2 aromatic carbocycles. The van der Waals surface area contributed by atoms with Gasteiger partial charge in [0.2, 0.25) is 5.95 Å². The smallest absolute Gasteiger partial charge is 0.227 e. The predicted octanol–water partition coefficient (Wildman–Crippen LogP) is 5.07. The minimum atomic E-state index is 0.358. The summed E-state index contributed by atoms with van der Waals surface area (Å²) in [5, 5.41) is 13.9. The lowest BCUT2D eigenvalue weighted by Gasteiger charge is -2.33. The van der Waals surface area contributed by atoms with Gasteiger partial charge in [-0.2, -0.15) is 5.26 Å². The molecule has 34 heavy (non-hydrogen) atoms. The van der Waals surface area contributed by atoms with Gasteiger partial charge in [0.25, 0.3) is 0 Å². The molecule has 1 saturated heterocycles. The van der Waals surface area contributed by atoms with Crippen molar-refractivity contribution in [2.45, 2.75) is 19.8 Å². The Hall–Kier alpha value is -4.25. The Morgan fingerprint density at radius 1 is 1.24 bits per heavy atom. The summed E-state index contributed by atoms with van der Waals surface area (Å²) < 4.78 is 5.67. The normalized spacial score (nSPS) is 14.2. The quantitative estimate of drug-likeness (QED) is 0.361. The number of rotatable bonds is 5. The SMILES string of the molecule is COc1cc(N2CCC(C)CC2)c(N)cc1Nc1ncc(C#N)c(-c2c[nH]c3ccccc23)n1. The first kappa shape index (κ1) is 21.6. The lowest BCUT2D eigenvalue weighted by molar-refractivity contribution is 0.415. The van der Waals surface area contributed by atoms with Gasteiger partial charge in [-0.3, -0.25) is 0 Å². The third-order valence-electron chi connectivity index (χ3n) is 6.47. The second-order valence-electron chi connectivity index (χ2n) is 8.72. The van der Waals surface area contributed by atoms with E-state index in [-0.39, 0.29) is 0 Å². The number of nitrogens with one attached hydrogen (secondary N) is 2. The van der Waals surface area contributed by atoms with Crippen molar-refractivity contribution in [2.75, 3.05) is 36.1 Å². The number of nitrogens with zero attached hydrogens (tertiary/aromatic N) is 4. The molecule has 0 spiro atoms. The first-order valence-electron chi connectivity index (χ1n) is 11.4. The van der Waals surface area contributed by atoms with Gasteiger partial charge in [0.05, 0.1) is 41.6 Å². The largest absolute Gasteiger partial charge is 0.494 e. The third kappa shape index (κ3) is 3.97. The number of H-pyrrole nitrogens is 1. The van der Waals surface area contributed by atoms with E-state index in [2.05, 4.69) is 38.2 Å². The van der Waals surface area contributed by atoms with Crippen molar-refractivity contribution in [1.82, 2.24) is 15.0 Å². The van der Waals surface area contributed by atoms with E-state index >= 15 is 0 Å². The Bertz CT molecular complexity index is 1380. The molecule has 2 aromatic heterocycles. The van der Waals surface area contributed by atoms with Gasteiger partial charge in [0.1, 0.15) is 11.8 Å². The standard InChI is InChI=1S/C26H27N7O/c1-16-7-9-33(10-8-16)23-12-24(34-2)22(11-20(23)28)31-26-30-14-17(13-27)25(32-26)19-15-29-21-6-4-3-5-18(19)21/h3-6,11-12,14-16,29H,7-10,28H2,1-2H3,(H,30,31,32). The van der Waals surface area contributed by atoms with Crippen LogP contribution in [-0.2, 0) is 0 Å². The highest BCUT2D eigenvalue weighted by Gasteiger charge is 2.20. The van der Waals surface area contributed by atoms with E-state index in [1.165, 1.54) is 6.20 Å². The average molecular weight is 454 g/mol. The Labute approximate surface area is 198 Å². The molecule has 8 nitrogen and oxygen atoms in total. The number of nitrogen functional groups attached to an aromatic ring is 1. The number of nitrogens with two attached hydrogens (primary N) is 1. The molecule has 0 unspecified atom stereocenters. The maximum atomic E-state index is 9.66. The highest BCUT2D eigenvalue weighted by Crippen LogP contribution is 2.38. The molecule has 0 aliphatic carbocycles. The second kappa shape index (κ2) is 8.94. The highest BCUT2D eigenvalue weighted by atomic mass is 16.5. The molecule has 0 amide bonds. The molecule has 0 radical (unpaired) electrons. The summed E-state index contributed by atoms with van der Waals surface area (Å²) >= 11 is 0. The molecule has 1 aliphatic heterocycles. The van der Waals surface area contributed by atoms with Crippen molar-refractivity contribution < 1.29 is 4.74 Å². The van der Waals surface area contributed by atoms with Crippen molar-refractivity contribution in [3.8, 4) is 23.1 Å². The minimum absolute atomic E-state index is 0.358. The molecule has 8 heteroatoms. The Morgan fingerprint density at radius 2 is 2.03 bits per heavy atom. The van der Waals surface area contributed by atoms with Crippen LogP contribution in [0.5, 0.6) is 5.75 Å². The topological polar surface area (TPSA) is 116 Å². The first-order chi connectivity index (χ1) is 16.6. The number of benzene rings is 2. The summed E-state index contributed by atoms with van der Waals surface area (Å²) in [5.41, 5.74) is 11.6. The van der Waals surface area contributed by atoms with E-state index in [1.807, 2.05) is 42.6 Å². The third-order valence-corrected chi connectivity index (χ3v) is 6.47. The van der Waals surface area contributed by atoms with Gasteiger partial charge in [-0.15, -0.1) is 0 Å². The van der Waals surface area contributed by atoms with Gasteiger partial charge in [-0.1, -0.05) is 25.1 Å². The monoisotopic (exact) mass is 453 g/mol. The van der Waals surface area contributed by atoms with Gasteiger partial charge in [-0.05, 0) is 30.9 Å². The molecule has 4 N–H and O–H groups in total. The molecule has 1 fully saturated rings. The number of piperidine rings is 1. The number of methoxy groups -OCH3 is 1. The van der Waals surface area contributed by atoms with Gasteiger partial charge >= 0.3 is 0 Å². The van der Waals surface area contributed by atoms with Crippen molar-refractivity contribution in [1.29, 1.82) is 5.26 Å². The van der Waals surface area contributed by atoms with E-state index in [0.29, 0.717) is 34.3 Å². The number of para-hydroxylation sites is 1. The van der Waals surface area contributed by atoms with Crippen LogP contribution in [0.1, 0.15) is 25.3 Å². The summed E-state index contributed by atoms with van der Waals surface area (Å²) in [7, 11) is 1.63. The van der Waals surface area contributed by atoms with Crippen LogP contribution in [0.4, 0.5) is 23.0 Å².